The van der Waals surface area contributed by atoms with E-state index in [1.54, 1.807) is 12.1 Å². The summed E-state index contributed by atoms with van der Waals surface area (Å²) in [5.74, 6) is -0.574. The van der Waals surface area contributed by atoms with E-state index in [4.69, 9.17) is 16.7 Å². The Morgan fingerprint density at radius 1 is 1.43 bits per heavy atom. The first-order chi connectivity index (χ1) is 9.97. The minimum absolute atomic E-state index is 0.0372. The second kappa shape index (κ2) is 6.87. The second-order valence-corrected chi connectivity index (χ2v) is 5.72. The molecule has 0 bridgehead atoms. The van der Waals surface area contributed by atoms with Crippen LogP contribution < -0.4 is 0 Å². The monoisotopic (exact) mass is 312 g/mol. The number of nitro groups is 1. The van der Waals surface area contributed by atoms with Gasteiger partial charge in [-0.25, -0.2) is 0 Å². The Kier molecular flexibility index (Phi) is 5.14. The third kappa shape index (κ3) is 4.15. The Labute approximate surface area is 127 Å². The SMILES string of the molecule is O=C(O)CC1CCN(Cc2c(Cl)cccc2[N+](=O)[O-])CC1. The zero-order valence-electron chi connectivity index (χ0n) is 11.5. The van der Waals surface area contributed by atoms with Gasteiger partial charge in [0, 0.05) is 19.0 Å². The van der Waals surface area contributed by atoms with Crippen molar-refractivity contribution < 1.29 is 14.8 Å². The molecule has 1 aromatic carbocycles. The number of nitrogens with zero attached hydrogens (tertiary/aromatic N) is 2. The van der Waals surface area contributed by atoms with E-state index in [1.807, 2.05) is 0 Å². The number of aliphatic carboxylic acids is 1. The van der Waals surface area contributed by atoms with E-state index in [0.717, 1.165) is 25.9 Å². The fourth-order valence-corrected chi connectivity index (χ4v) is 2.92. The van der Waals surface area contributed by atoms with Crippen molar-refractivity contribution >= 4 is 23.3 Å². The fourth-order valence-electron chi connectivity index (χ4n) is 2.69. The van der Waals surface area contributed by atoms with E-state index in [9.17, 15) is 14.9 Å². The summed E-state index contributed by atoms with van der Waals surface area (Å²) >= 11 is 6.08. The molecule has 0 aromatic heterocycles. The van der Waals surface area contributed by atoms with Crippen molar-refractivity contribution in [2.75, 3.05) is 13.1 Å². The molecular weight excluding hydrogens is 296 g/mol. The number of hydrogen-bond acceptors (Lipinski definition) is 4. The first-order valence-electron chi connectivity index (χ1n) is 6.83. The van der Waals surface area contributed by atoms with Gasteiger partial charge >= 0.3 is 5.97 Å². The second-order valence-electron chi connectivity index (χ2n) is 5.31. The van der Waals surface area contributed by atoms with Gasteiger partial charge in [-0.2, -0.15) is 0 Å². The molecule has 6 nitrogen and oxygen atoms in total. The number of nitro benzene ring substituents is 1. The topological polar surface area (TPSA) is 83.7 Å². The van der Waals surface area contributed by atoms with Gasteiger partial charge in [-0.05, 0) is 37.9 Å². The Morgan fingerprint density at radius 2 is 2.10 bits per heavy atom. The van der Waals surface area contributed by atoms with Crippen LogP contribution >= 0.6 is 11.6 Å². The van der Waals surface area contributed by atoms with Crippen LogP contribution in [0.15, 0.2) is 18.2 Å². The summed E-state index contributed by atoms with van der Waals surface area (Å²) in [5, 5.41) is 20.2. The summed E-state index contributed by atoms with van der Waals surface area (Å²) in [6, 6.07) is 4.68. The van der Waals surface area contributed by atoms with Gasteiger partial charge in [-0.3, -0.25) is 19.8 Å². The lowest BCUT2D eigenvalue weighted by Gasteiger charge is -2.31. The predicted molar refractivity (Wildman–Crippen MR) is 78.4 cm³/mol. The summed E-state index contributed by atoms with van der Waals surface area (Å²) in [6.45, 7) is 1.90. The quantitative estimate of drug-likeness (QED) is 0.667. The fraction of sp³-hybridized carbons (Fsp3) is 0.500. The molecule has 1 aliphatic rings. The number of hydrogen-bond donors (Lipinski definition) is 1. The normalized spacial score (nSPS) is 16.8. The van der Waals surface area contributed by atoms with Gasteiger partial charge in [0.2, 0.25) is 0 Å². The van der Waals surface area contributed by atoms with Crippen molar-refractivity contribution in [2.45, 2.75) is 25.8 Å². The number of carboxylic acids is 1. The lowest BCUT2D eigenvalue weighted by Crippen LogP contribution is -2.34. The molecule has 0 aliphatic carbocycles. The maximum absolute atomic E-state index is 11.1. The third-order valence-electron chi connectivity index (χ3n) is 3.84. The molecule has 0 saturated carbocycles. The smallest absolute Gasteiger partial charge is 0.303 e. The summed E-state index contributed by atoms with van der Waals surface area (Å²) in [6.07, 6.45) is 1.79. The Morgan fingerprint density at radius 3 is 2.67 bits per heavy atom. The number of halogens is 1. The predicted octanol–water partition coefficient (Wildman–Crippen LogP) is 2.93. The van der Waals surface area contributed by atoms with Crippen molar-refractivity contribution in [3.8, 4) is 0 Å². The minimum atomic E-state index is -0.768. The van der Waals surface area contributed by atoms with Crippen LogP contribution in [0.2, 0.25) is 5.02 Å². The van der Waals surface area contributed by atoms with E-state index in [2.05, 4.69) is 4.90 Å². The highest BCUT2D eigenvalue weighted by Gasteiger charge is 2.24. The number of benzene rings is 1. The largest absolute Gasteiger partial charge is 0.481 e. The van der Waals surface area contributed by atoms with E-state index in [1.165, 1.54) is 6.07 Å². The molecule has 0 spiro atoms. The molecule has 1 heterocycles. The Balaban J connectivity index is 2.01. The number of carboxylic acid groups (broad SMARTS) is 1. The number of piperidine rings is 1. The van der Waals surface area contributed by atoms with Gasteiger partial charge < -0.3 is 5.11 Å². The summed E-state index contributed by atoms with van der Waals surface area (Å²) < 4.78 is 0. The van der Waals surface area contributed by atoms with Crippen LogP contribution in [0.3, 0.4) is 0 Å². The molecule has 7 heteroatoms. The van der Waals surface area contributed by atoms with E-state index >= 15 is 0 Å². The molecule has 0 amide bonds. The van der Waals surface area contributed by atoms with Crippen LogP contribution in [-0.2, 0) is 11.3 Å². The molecule has 0 radical (unpaired) electrons. The third-order valence-corrected chi connectivity index (χ3v) is 4.20. The first-order valence-corrected chi connectivity index (χ1v) is 7.21. The molecule has 1 N–H and O–H groups in total. The molecular formula is C14H17ClN2O4. The lowest BCUT2D eigenvalue weighted by molar-refractivity contribution is -0.385. The summed E-state index contributed by atoms with van der Waals surface area (Å²) in [5.41, 5.74) is 0.566. The molecule has 0 atom stereocenters. The lowest BCUT2D eigenvalue weighted by atomic mass is 9.93. The van der Waals surface area contributed by atoms with Gasteiger partial charge in [-0.1, -0.05) is 17.7 Å². The van der Waals surface area contributed by atoms with Gasteiger partial charge in [0.15, 0.2) is 0 Å². The molecule has 1 saturated heterocycles. The van der Waals surface area contributed by atoms with Gasteiger partial charge in [0.1, 0.15) is 0 Å². The van der Waals surface area contributed by atoms with Crippen LogP contribution in [0.25, 0.3) is 0 Å². The highest BCUT2D eigenvalue weighted by molar-refractivity contribution is 6.31. The standard InChI is InChI=1S/C14H17ClN2O4/c15-12-2-1-3-13(17(20)21)11(12)9-16-6-4-10(5-7-16)8-14(18)19/h1-3,10H,4-9H2,(H,18,19). The Bertz CT molecular complexity index is 542. The highest BCUT2D eigenvalue weighted by atomic mass is 35.5. The summed E-state index contributed by atoms with van der Waals surface area (Å²) in [4.78, 5) is 23.4. The molecule has 1 aliphatic heterocycles. The van der Waals surface area contributed by atoms with Gasteiger partial charge in [0.25, 0.3) is 5.69 Å². The van der Waals surface area contributed by atoms with Crippen LogP contribution in [-0.4, -0.2) is 34.0 Å². The number of carbonyl (C=O) groups is 1. The molecule has 114 valence electrons. The minimum Gasteiger partial charge on any atom is -0.481 e. The van der Waals surface area contributed by atoms with Gasteiger partial charge in [-0.15, -0.1) is 0 Å². The first kappa shape index (κ1) is 15.7. The van der Waals surface area contributed by atoms with Crippen molar-refractivity contribution in [2.24, 2.45) is 5.92 Å². The molecule has 2 rings (SSSR count). The highest BCUT2D eigenvalue weighted by Crippen LogP contribution is 2.29. The van der Waals surface area contributed by atoms with Crippen molar-refractivity contribution in [3.05, 3.63) is 38.9 Å². The average molecular weight is 313 g/mol. The molecule has 1 fully saturated rings. The molecule has 1 aromatic rings. The molecule has 0 unspecified atom stereocenters. The number of rotatable bonds is 5. The van der Waals surface area contributed by atoms with E-state index in [0.29, 0.717) is 17.1 Å². The Hall–Kier alpha value is -1.66. The molecule has 21 heavy (non-hydrogen) atoms. The van der Waals surface area contributed by atoms with Gasteiger partial charge in [0.05, 0.1) is 15.5 Å². The van der Waals surface area contributed by atoms with Crippen LogP contribution in [0, 0.1) is 16.0 Å². The van der Waals surface area contributed by atoms with Crippen LogP contribution in [0.1, 0.15) is 24.8 Å². The zero-order valence-corrected chi connectivity index (χ0v) is 12.3. The number of likely N-dealkylation sites (tertiary alicyclic amines) is 1. The average Bonchev–Trinajstić information content (AvgIpc) is 2.42. The zero-order chi connectivity index (χ0) is 15.4. The van der Waals surface area contributed by atoms with Crippen LogP contribution in [0.4, 0.5) is 5.69 Å². The van der Waals surface area contributed by atoms with Crippen molar-refractivity contribution in [1.29, 1.82) is 0 Å². The maximum Gasteiger partial charge on any atom is 0.303 e. The van der Waals surface area contributed by atoms with E-state index < -0.39 is 10.9 Å². The van der Waals surface area contributed by atoms with E-state index in [-0.39, 0.29) is 18.0 Å². The van der Waals surface area contributed by atoms with Crippen molar-refractivity contribution in [3.63, 3.8) is 0 Å². The summed E-state index contributed by atoms with van der Waals surface area (Å²) in [7, 11) is 0. The van der Waals surface area contributed by atoms with Crippen LogP contribution in [0.5, 0.6) is 0 Å². The maximum atomic E-state index is 11.1. The van der Waals surface area contributed by atoms with Crippen molar-refractivity contribution in [1.82, 2.24) is 4.90 Å².